The van der Waals surface area contributed by atoms with E-state index in [0.717, 1.165) is 0 Å². The van der Waals surface area contributed by atoms with Gasteiger partial charge >= 0.3 is 12.1 Å². The molecule has 0 heterocycles. The molecule has 1 aromatic rings. The third-order valence-electron chi connectivity index (χ3n) is 2.14. The first-order valence-electron chi connectivity index (χ1n) is 5.96. The summed E-state index contributed by atoms with van der Waals surface area (Å²) < 4.78 is 4.90. The van der Waals surface area contributed by atoms with E-state index < -0.39 is 24.5 Å². The number of carboxylic acids is 1. The van der Waals surface area contributed by atoms with Crippen molar-refractivity contribution in [3.63, 3.8) is 0 Å². The Morgan fingerprint density at radius 3 is 2.30 bits per heavy atom. The van der Waals surface area contributed by atoms with Gasteiger partial charge in [-0.1, -0.05) is 0 Å². The Labute approximate surface area is 115 Å². The minimum atomic E-state index is -1.12. The summed E-state index contributed by atoms with van der Waals surface area (Å²) in [5.74, 6) is -1.61. The van der Waals surface area contributed by atoms with E-state index in [1.807, 2.05) is 0 Å². The van der Waals surface area contributed by atoms with Gasteiger partial charge in [0.25, 0.3) is 5.91 Å². The van der Waals surface area contributed by atoms with Crippen LogP contribution < -0.4 is 10.6 Å². The fourth-order valence-electron chi connectivity index (χ4n) is 1.32. The number of benzene rings is 1. The summed E-state index contributed by atoms with van der Waals surface area (Å²) in [4.78, 5) is 33.2. The van der Waals surface area contributed by atoms with E-state index in [9.17, 15) is 14.4 Å². The molecule has 1 aromatic carbocycles. The number of aliphatic carboxylic acids is 1. The van der Waals surface area contributed by atoms with Gasteiger partial charge in [0.1, 0.15) is 6.54 Å². The van der Waals surface area contributed by atoms with E-state index in [1.165, 1.54) is 24.3 Å². The number of hydrogen-bond donors (Lipinski definition) is 3. The second kappa shape index (κ2) is 7.13. The molecule has 3 N–H and O–H groups in total. The number of ether oxygens (including phenoxy) is 1. The molecule has 0 aliphatic carbocycles. The molecule has 0 aliphatic rings. The highest BCUT2D eigenvalue weighted by Gasteiger charge is 2.08. The second-order valence-electron chi connectivity index (χ2n) is 4.23. The quantitative estimate of drug-likeness (QED) is 0.757. The van der Waals surface area contributed by atoms with Crippen molar-refractivity contribution in [1.29, 1.82) is 0 Å². The predicted molar refractivity (Wildman–Crippen MR) is 71.7 cm³/mol. The number of hydrogen-bond acceptors (Lipinski definition) is 4. The summed E-state index contributed by atoms with van der Waals surface area (Å²) >= 11 is 0. The summed E-state index contributed by atoms with van der Waals surface area (Å²) in [5, 5.41) is 13.2. The molecule has 7 heteroatoms. The number of carbonyl (C=O) groups excluding carboxylic acids is 2. The van der Waals surface area contributed by atoms with Gasteiger partial charge in [-0.25, -0.2) is 4.79 Å². The van der Waals surface area contributed by atoms with Crippen LogP contribution >= 0.6 is 0 Å². The molecule has 7 nitrogen and oxygen atoms in total. The smallest absolute Gasteiger partial charge is 0.411 e. The zero-order chi connectivity index (χ0) is 15.1. The van der Waals surface area contributed by atoms with Crippen LogP contribution in [0.2, 0.25) is 0 Å². The van der Waals surface area contributed by atoms with Crippen molar-refractivity contribution in [2.45, 2.75) is 20.0 Å². The lowest BCUT2D eigenvalue weighted by atomic mass is 10.2. The van der Waals surface area contributed by atoms with Crippen LogP contribution in [0.15, 0.2) is 24.3 Å². The molecule has 0 saturated carbocycles. The summed E-state index contributed by atoms with van der Waals surface area (Å²) in [6, 6.07) is 6.00. The van der Waals surface area contributed by atoms with E-state index in [2.05, 4.69) is 10.6 Å². The van der Waals surface area contributed by atoms with E-state index in [1.54, 1.807) is 13.8 Å². The van der Waals surface area contributed by atoms with Crippen molar-refractivity contribution in [3.8, 4) is 0 Å². The van der Waals surface area contributed by atoms with Gasteiger partial charge < -0.3 is 15.2 Å². The van der Waals surface area contributed by atoms with Gasteiger partial charge in [-0.2, -0.15) is 0 Å². The number of rotatable bonds is 5. The fraction of sp³-hybridized carbons (Fsp3) is 0.308. The Morgan fingerprint density at radius 1 is 1.20 bits per heavy atom. The summed E-state index contributed by atoms with van der Waals surface area (Å²) in [7, 11) is 0. The summed E-state index contributed by atoms with van der Waals surface area (Å²) in [5.41, 5.74) is 0.777. The predicted octanol–water partition coefficient (Wildman–Crippen LogP) is 1.46. The Bertz CT molecular complexity index is 496. The molecule has 0 atom stereocenters. The first-order valence-corrected chi connectivity index (χ1v) is 5.96. The first kappa shape index (κ1) is 15.5. The zero-order valence-electron chi connectivity index (χ0n) is 11.2. The SMILES string of the molecule is CC(C)OC(=O)Nc1ccc(C(=O)NCC(=O)O)cc1. The third kappa shape index (κ3) is 5.38. The minimum absolute atomic E-state index is 0.226. The van der Waals surface area contributed by atoms with Crippen LogP contribution in [0.3, 0.4) is 0 Å². The van der Waals surface area contributed by atoms with Crippen LogP contribution in [0.4, 0.5) is 10.5 Å². The fourth-order valence-corrected chi connectivity index (χ4v) is 1.32. The average Bonchev–Trinajstić information content (AvgIpc) is 2.35. The molecule has 0 aliphatic heterocycles. The van der Waals surface area contributed by atoms with Gasteiger partial charge in [0.15, 0.2) is 0 Å². The average molecular weight is 280 g/mol. The van der Waals surface area contributed by atoms with Crippen LogP contribution in [0.1, 0.15) is 24.2 Å². The largest absolute Gasteiger partial charge is 0.480 e. The Kier molecular flexibility index (Phi) is 5.52. The molecule has 0 fully saturated rings. The standard InChI is InChI=1S/C13H16N2O5/c1-8(2)20-13(19)15-10-5-3-9(4-6-10)12(18)14-7-11(16)17/h3-6,8H,7H2,1-2H3,(H,14,18)(H,15,19)(H,16,17). The molecule has 0 radical (unpaired) electrons. The van der Waals surface area contributed by atoms with Crippen molar-refractivity contribution < 1.29 is 24.2 Å². The molecular formula is C13H16N2O5. The van der Waals surface area contributed by atoms with Gasteiger partial charge in [0, 0.05) is 11.3 Å². The molecule has 0 saturated heterocycles. The molecule has 2 amide bonds. The maximum absolute atomic E-state index is 11.5. The van der Waals surface area contributed by atoms with Gasteiger partial charge in [-0.3, -0.25) is 14.9 Å². The van der Waals surface area contributed by atoms with Crippen molar-refractivity contribution in [2.24, 2.45) is 0 Å². The highest BCUT2D eigenvalue weighted by Crippen LogP contribution is 2.10. The topological polar surface area (TPSA) is 105 Å². The lowest BCUT2D eigenvalue weighted by molar-refractivity contribution is -0.135. The Hall–Kier alpha value is -2.57. The number of carboxylic acid groups (broad SMARTS) is 1. The molecule has 108 valence electrons. The van der Waals surface area contributed by atoms with Crippen LogP contribution in [0, 0.1) is 0 Å². The number of nitrogens with one attached hydrogen (secondary N) is 2. The van der Waals surface area contributed by atoms with E-state index in [0.29, 0.717) is 11.3 Å². The van der Waals surface area contributed by atoms with Crippen LogP contribution in [0.25, 0.3) is 0 Å². The molecule has 0 spiro atoms. The zero-order valence-corrected chi connectivity index (χ0v) is 11.2. The highest BCUT2D eigenvalue weighted by molar-refractivity contribution is 5.96. The molecule has 0 unspecified atom stereocenters. The number of carbonyl (C=O) groups is 3. The Balaban J connectivity index is 2.57. The number of anilines is 1. The van der Waals surface area contributed by atoms with Crippen molar-refractivity contribution in [2.75, 3.05) is 11.9 Å². The van der Waals surface area contributed by atoms with Gasteiger partial charge in [-0.15, -0.1) is 0 Å². The van der Waals surface area contributed by atoms with E-state index in [-0.39, 0.29) is 6.10 Å². The lowest BCUT2D eigenvalue weighted by Gasteiger charge is -2.09. The lowest BCUT2D eigenvalue weighted by Crippen LogP contribution is -2.29. The van der Waals surface area contributed by atoms with E-state index in [4.69, 9.17) is 9.84 Å². The number of amides is 2. The monoisotopic (exact) mass is 280 g/mol. The molecular weight excluding hydrogens is 264 g/mol. The molecule has 0 aromatic heterocycles. The maximum atomic E-state index is 11.5. The normalized spacial score (nSPS) is 9.95. The van der Waals surface area contributed by atoms with Crippen LogP contribution in [-0.4, -0.2) is 35.7 Å². The van der Waals surface area contributed by atoms with Crippen molar-refractivity contribution in [1.82, 2.24) is 5.32 Å². The molecule has 0 bridgehead atoms. The van der Waals surface area contributed by atoms with Crippen molar-refractivity contribution >= 4 is 23.7 Å². The van der Waals surface area contributed by atoms with Crippen molar-refractivity contribution in [3.05, 3.63) is 29.8 Å². The van der Waals surface area contributed by atoms with Gasteiger partial charge in [0.05, 0.1) is 6.10 Å². The summed E-state index contributed by atoms with van der Waals surface area (Å²) in [6.07, 6.45) is -0.806. The minimum Gasteiger partial charge on any atom is -0.480 e. The van der Waals surface area contributed by atoms with E-state index >= 15 is 0 Å². The van der Waals surface area contributed by atoms with Gasteiger partial charge in [0.2, 0.25) is 0 Å². The van der Waals surface area contributed by atoms with Crippen LogP contribution in [0.5, 0.6) is 0 Å². The van der Waals surface area contributed by atoms with Gasteiger partial charge in [-0.05, 0) is 38.1 Å². The second-order valence-corrected chi connectivity index (χ2v) is 4.23. The summed E-state index contributed by atoms with van der Waals surface area (Å²) in [6.45, 7) is 3.02. The third-order valence-corrected chi connectivity index (χ3v) is 2.14. The maximum Gasteiger partial charge on any atom is 0.411 e. The molecule has 1 rings (SSSR count). The first-order chi connectivity index (χ1) is 9.38. The highest BCUT2D eigenvalue weighted by atomic mass is 16.6. The Morgan fingerprint density at radius 2 is 1.80 bits per heavy atom. The van der Waals surface area contributed by atoms with Crippen LogP contribution in [-0.2, 0) is 9.53 Å². The molecule has 20 heavy (non-hydrogen) atoms.